The van der Waals surface area contributed by atoms with E-state index in [-0.39, 0.29) is 30.9 Å². The zero-order chi connectivity index (χ0) is 19.7. The fraction of sp³-hybridized carbons (Fsp3) is 0.714. The van der Waals surface area contributed by atoms with E-state index < -0.39 is 41.9 Å². The lowest BCUT2D eigenvalue weighted by atomic mass is 10.0. The van der Waals surface area contributed by atoms with Gasteiger partial charge in [0.05, 0.1) is 0 Å². The van der Waals surface area contributed by atoms with Crippen molar-refractivity contribution in [2.75, 3.05) is 5.75 Å². The molecule has 6 N–H and O–H groups in total. The molecule has 10 heteroatoms. The maximum absolute atomic E-state index is 12.2. The monoisotopic (exact) mass is 364 g/mol. The highest BCUT2D eigenvalue weighted by Crippen LogP contribution is 2.04. The van der Waals surface area contributed by atoms with Crippen molar-refractivity contribution in [1.82, 2.24) is 10.6 Å². The van der Waals surface area contributed by atoms with E-state index in [0.717, 1.165) is 0 Å². The summed E-state index contributed by atoms with van der Waals surface area (Å²) in [6.45, 7) is 3.23. The SMILES string of the molecule is [2H]N(C(=O)CCC[C@H](N)C(=O)O)[C@@H](CS)C(=O)N[C@H](C(=O)O)C(C)C. The van der Waals surface area contributed by atoms with Crippen LogP contribution < -0.4 is 16.4 Å². The molecule has 0 aromatic heterocycles. The molecule has 0 rings (SSSR count). The Morgan fingerprint density at radius 3 is 2.21 bits per heavy atom. The summed E-state index contributed by atoms with van der Waals surface area (Å²) in [5.74, 6) is -4.44. The highest BCUT2D eigenvalue weighted by molar-refractivity contribution is 7.80. The van der Waals surface area contributed by atoms with E-state index in [1.165, 1.54) is 0 Å². The van der Waals surface area contributed by atoms with E-state index >= 15 is 0 Å². The summed E-state index contributed by atoms with van der Waals surface area (Å²) in [6, 6.07) is -3.50. The van der Waals surface area contributed by atoms with Gasteiger partial charge >= 0.3 is 11.9 Å². The molecule has 3 atom stereocenters. The quantitative estimate of drug-likeness (QED) is 0.262. The zero-order valence-electron chi connectivity index (χ0n) is 14.6. The second-order valence-corrected chi connectivity index (χ2v) is 5.99. The Morgan fingerprint density at radius 2 is 1.79 bits per heavy atom. The molecular weight excluding hydrogens is 338 g/mol. The molecule has 138 valence electrons. The van der Waals surface area contributed by atoms with Crippen molar-refractivity contribution >= 4 is 36.4 Å². The lowest BCUT2D eigenvalue weighted by Crippen LogP contribution is -2.53. The van der Waals surface area contributed by atoms with Crippen LogP contribution >= 0.6 is 12.6 Å². The Kier molecular flexibility index (Phi) is 9.16. The summed E-state index contributed by atoms with van der Waals surface area (Å²) < 4.78 is 7.77. The van der Waals surface area contributed by atoms with E-state index in [0.29, 0.717) is 5.31 Å². The third-order valence-corrected chi connectivity index (χ3v) is 3.57. The van der Waals surface area contributed by atoms with Gasteiger partial charge in [0.25, 0.3) is 0 Å². The molecule has 9 nitrogen and oxygen atoms in total. The first-order chi connectivity index (χ1) is 11.5. The minimum absolute atomic E-state index is 0.0566. The van der Waals surface area contributed by atoms with E-state index in [4.69, 9.17) is 17.4 Å². The van der Waals surface area contributed by atoms with Crippen LogP contribution in [0.25, 0.3) is 0 Å². The first-order valence-corrected chi connectivity index (χ1v) is 8.09. The number of hydrogen-bond donors (Lipinski definition) is 6. The fourth-order valence-corrected chi connectivity index (χ4v) is 2.03. The lowest BCUT2D eigenvalue weighted by Gasteiger charge is -2.22. The predicted molar refractivity (Wildman–Crippen MR) is 89.7 cm³/mol. The summed E-state index contributed by atoms with van der Waals surface area (Å²) in [5.41, 5.74) is 5.32. The number of aliphatic carboxylic acids is 2. The average Bonchev–Trinajstić information content (AvgIpc) is 2.51. The second-order valence-electron chi connectivity index (χ2n) is 5.63. The second kappa shape index (κ2) is 10.9. The van der Waals surface area contributed by atoms with Crippen LogP contribution in [0.5, 0.6) is 0 Å². The van der Waals surface area contributed by atoms with Crippen molar-refractivity contribution in [3.05, 3.63) is 0 Å². The van der Waals surface area contributed by atoms with Crippen LogP contribution in [0, 0.1) is 5.92 Å². The van der Waals surface area contributed by atoms with Gasteiger partial charge in [-0.05, 0) is 18.8 Å². The number of rotatable bonds is 11. The van der Waals surface area contributed by atoms with E-state index in [2.05, 4.69) is 17.9 Å². The van der Waals surface area contributed by atoms with E-state index in [9.17, 15) is 19.2 Å². The Labute approximate surface area is 147 Å². The van der Waals surface area contributed by atoms with Crippen LogP contribution in [-0.2, 0) is 19.2 Å². The largest absolute Gasteiger partial charge is 0.480 e. The molecule has 0 aliphatic carbocycles. The maximum atomic E-state index is 12.2. The number of amides is 2. The van der Waals surface area contributed by atoms with Gasteiger partial charge in [-0.2, -0.15) is 12.6 Å². The molecule has 0 unspecified atom stereocenters. The van der Waals surface area contributed by atoms with Crippen LogP contribution in [-0.4, -0.2) is 57.8 Å². The Bertz CT molecular complexity index is 505. The number of nitrogens with one attached hydrogen (secondary N) is 2. The third-order valence-electron chi connectivity index (χ3n) is 3.23. The van der Waals surface area contributed by atoms with Crippen molar-refractivity contribution in [1.29, 1.82) is 0 Å². The van der Waals surface area contributed by atoms with Crippen molar-refractivity contribution in [3.8, 4) is 0 Å². The molecule has 0 aliphatic rings. The molecule has 0 radical (unpaired) electrons. The average molecular weight is 364 g/mol. The summed E-state index contributed by atoms with van der Waals surface area (Å²) in [4.78, 5) is 45.9. The van der Waals surface area contributed by atoms with Crippen LogP contribution in [0.2, 0.25) is 1.41 Å². The maximum Gasteiger partial charge on any atom is 0.326 e. The molecule has 0 aliphatic heterocycles. The number of carbonyl (C=O) groups excluding carboxylic acids is 2. The third kappa shape index (κ3) is 8.16. The lowest BCUT2D eigenvalue weighted by molar-refractivity contribution is -0.143. The highest BCUT2D eigenvalue weighted by atomic mass is 32.1. The summed E-state index contributed by atoms with van der Waals surface area (Å²) >= 11 is 3.95. The minimum atomic E-state index is -1.26. The van der Waals surface area contributed by atoms with Gasteiger partial charge < -0.3 is 26.6 Å². The minimum Gasteiger partial charge on any atom is -0.480 e. The first kappa shape index (κ1) is 20.2. The molecule has 0 aromatic carbocycles. The first-order valence-electron chi connectivity index (χ1n) is 7.91. The van der Waals surface area contributed by atoms with Gasteiger partial charge in [0.1, 0.15) is 18.1 Å². The number of carboxylic acids is 2. The van der Waals surface area contributed by atoms with Crippen LogP contribution in [0.4, 0.5) is 0 Å². The molecule has 0 heterocycles. The topological polar surface area (TPSA) is 159 Å². The fourth-order valence-electron chi connectivity index (χ4n) is 1.78. The molecule has 0 saturated heterocycles. The normalized spacial score (nSPS) is 15.1. The van der Waals surface area contributed by atoms with Crippen LogP contribution in [0.15, 0.2) is 0 Å². The molecule has 2 amide bonds. The summed E-state index contributed by atoms with van der Waals surface area (Å²) in [7, 11) is 0. The van der Waals surface area contributed by atoms with E-state index in [1.54, 1.807) is 13.8 Å². The van der Waals surface area contributed by atoms with Gasteiger partial charge in [0, 0.05) is 12.2 Å². The smallest absolute Gasteiger partial charge is 0.326 e. The number of carboxylic acid groups (broad SMARTS) is 2. The Balaban J connectivity index is 4.74. The molecule has 0 aromatic rings. The molecule has 0 bridgehead atoms. The molecule has 0 saturated carbocycles. The van der Waals surface area contributed by atoms with Crippen molar-refractivity contribution < 1.29 is 30.8 Å². The predicted octanol–water partition coefficient (Wildman–Crippen LogP) is -0.791. The number of thiol groups is 1. The number of hydrogen-bond acceptors (Lipinski definition) is 6. The highest BCUT2D eigenvalue weighted by Gasteiger charge is 2.27. The summed E-state index contributed by atoms with van der Waals surface area (Å²) in [5, 5.41) is 20.5. The van der Waals surface area contributed by atoms with E-state index in [1.807, 2.05) is 0 Å². The van der Waals surface area contributed by atoms with Crippen molar-refractivity contribution in [3.63, 3.8) is 0 Å². The van der Waals surface area contributed by atoms with Gasteiger partial charge in [-0.15, -0.1) is 0 Å². The van der Waals surface area contributed by atoms with Gasteiger partial charge in [-0.1, -0.05) is 13.8 Å². The van der Waals surface area contributed by atoms with Gasteiger partial charge in [0.2, 0.25) is 11.8 Å². The standard InChI is InChI=1S/C14H25N3O6S/c1-7(2)11(14(22)23)17-12(19)9(6-24)16-10(18)5-3-4-8(15)13(20)21/h7-9,11,24H,3-6,15H2,1-2H3,(H,16,18)(H,17,19)(H,20,21)(H,22,23)/t8-,9-,11-/m0/s1/i/hD. The van der Waals surface area contributed by atoms with Gasteiger partial charge in [-0.25, -0.2) is 4.79 Å². The van der Waals surface area contributed by atoms with Gasteiger partial charge in [-0.3, -0.25) is 14.4 Å². The zero-order valence-corrected chi connectivity index (χ0v) is 14.5. The molecule has 0 spiro atoms. The number of nitrogens with two attached hydrogens (primary N) is 1. The Morgan fingerprint density at radius 1 is 1.21 bits per heavy atom. The Hall–Kier alpha value is -1.81. The molecule has 0 fully saturated rings. The van der Waals surface area contributed by atoms with Crippen LogP contribution in [0.3, 0.4) is 0 Å². The summed E-state index contributed by atoms with van der Waals surface area (Å²) in [6.07, 6.45) is 0.0437. The van der Waals surface area contributed by atoms with Gasteiger partial charge in [0.15, 0.2) is 1.41 Å². The molecule has 24 heavy (non-hydrogen) atoms. The van der Waals surface area contributed by atoms with Crippen molar-refractivity contribution in [2.24, 2.45) is 11.7 Å². The number of carbonyl (C=O) groups is 4. The molecular formula is C14H25N3O6S. The van der Waals surface area contributed by atoms with Crippen molar-refractivity contribution in [2.45, 2.75) is 51.2 Å². The van der Waals surface area contributed by atoms with Crippen LogP contribution in [0.1, 0.15) is 33.1 Å².